The van der Waals surface area contributed by atoms with Crippen molar-refractivity contribution >= 4 is 23.3 Å². The number of carboxylic acids is 1. The lowest BCUT2D eigenvalue weighted by atomic mass is 9.75. The summed E-state index contributed by atoms with van der Waals surface area (Å²) in [5.74, 6) is -0.737. The summed E-state index contributed by atoms with van der Waals surface area (Å²) in [7, 11) is 0. The van der Waals surface area contributed by atoms with E-state index in [4.69, 9.17) is 23.1 Å². The number of hydrogen-bond donors (Lipinski definition) is 3. The molecular formula is C33H51ClN2O2. The van der Waals surface area contributed by atoms with Gasteiger partial charge in [-0.25, -0.2) is 4.79 Å². The molecule has 5 N–H and O–H groups in total. The average Bonchev–Trinajstić information content (AvgIpc) is 2.92. The number of aromatic carboxylic acids is 1. The zero-order valence-corrected chi connectivity index (χ0v) is 24.6. The van der Waals surface area contributed by atoms with E-state index in [1.165, 1.54) is 70.6 Å². The number of anilines is 1. The number of rotatable bonds is 19. The van der Waals surface area contributed by atoms with Crippen LogP contribution in [0.4, 0.5) is 5.69 Å². The summed E-state index contributed by atoms with van der Waals surface area (Å²) in [5.41, 5.74) is 15.9. The first-order chi connectivity index (χ1) is 18.3. The van der Waals surface area contributed by atoms with Gasteiger partial charge in [0, 0.05) is 17.6 Å². The predicted molar refractivity (Wildman–Crippen MR) is 163 cm³/mol. The van der Waals surface area contributed by atoms with Gasteiger partial charge in [0.25, 0.3) is 0 Å². The van der Waals surface area contributed by atoms with Crippen LogP contribution in [0.2, 0.25) is 0 Å². The maximum atomic E-state index is 11.4. The first kappa shape index (κ1) is 32.2. The lowest BCUT2D eigenvalue weighted by molar-refractivity contribution is 0.0697. The molecule has 0 saturated heterocycles. The number of alkyl halides is 1. The van der Waals surface area contributed by atoms with Gasteiger partial charge in [-0.05, 0) is 41.5 Å². The maximum Gasteiger partial charge on any atom is 0.335 e. The van der Waals surface area contributed by atoms with Gasteiger partial charge < -0.3 is 16.6 Å². The fourth-order valence-corrected chi connectivity index (χ4v) is 5.95. The highest BCUT2D eigenvalue weighted by Gasteiger charge is 2.33. The van der Waals surface area contributed by atoms with Crippen LogP contribution in [0.25, 0.3) is 0 Å². The summed E-state index contributed by atoms with van der Waals surface area (Å²) in [6.07, 6.45) is 15.8. The summed E-state index contributed by atoms with van der Waals surface area (Å²) in [4.78, 5) is 11.4. The quantitative estimate of drug-likeness (QED) is 0.0938. The van der Waals surface area contributed by atoms with Crippen molar-refractivity contribution in [3.8, 4) is 0 Å². The average molecular weight is 543 g/mol. The van der Waals surface area contributed by atoms with Crippen molar-refractivity contribution < 1.29 is 9.90 Å². The second kappa shape index (κ2) is 17.5. The van der Waals surface area contributed by atoms with E-state index in [1.807, 2.05) is 24.3 Å². The predicted octanol–water partition coefficient (Wildman–Crippen LogP) is 9.01. The van der Waals surface area contributed by atoms with E-state index in [0.717, 1.165) is 17.5 Å². The van der Waals surface area contributed by atoms with Crippen LogP contribution in [0.15, 0.2) is 48.5 Å². The molecule has 0 aliphatic carbocycles. The Balaban J connectivity index is 1.92. The molecule has 5 atom stereocenters. The van der Waals surface area contributed by atoms with E-state index >= 15 is 0 Å². The van der Waals surface area contributed by atoms with Crippen molar-refractivity contribution in [3.63, 3.8) is 0 Å². The molecular weight excluding hydrogens is 492 g/mol. The van der Waals surface area contributed by atoms with Crippen molar-refractivity contribution in [2.75, 3.05) is 5.73 Å². The smallest absolute Gasteiger partial charge is 0.335 e. The second-order valence-corrected chi connectivity index (χ2v) is 11.7. The van der Waals surface area contributed by atoms with Gasteiger partial charge in [0.1, 0.15) is 0 Å². The molecule has 0 saturated carbocycles. The van der Waals surface area contributed by atoms with E-state index in [0.29, 0.717) is 11.6 Å². The molecule has 0 aliphatic heterocycles. The summed E-state index contributed by atoms with van der Waals surface area (Å²) in [6.45, 7) is 6.62. The van der Waals surface area contributed by atoms with E-state index in [9.17, 15) is 9.90 Å². The fraction of sp³-hybridized carbons (Fsp3) is 0.606. The number of unbranched alkanes of at least 4 members (excludes halogenated alkanes) is 10. The van der Waals surface area contributed by atoms with Gasteiger partial charge in [-0.1, -0.05) is 128 Å². The number of benzene rings is 2. The number of carbonyl (C=O) groups is 1. The Morgan fingerprint density at radius 2 is 1.42 bits per heavy atom. The Hall–Kier alpha value is -2.04. The topological polar surface area (TPSA) is 89.3 Å². The van der Waals surface area contributed by atoms with Gasteiger partial charge >= 0.3 is 5.97 Å². The molecule has 38 heavy (non-hydrogen) atoms. The lowest BCUT2D eigenvalue weighted by Gasteiger charge is -2.35. The maximum absolute atomic E-state index is 11.4. The summed E-state index contributed by atoms with van der Waals surface area (Å²) in [5, 5.41) is 9.22. The lowest BCUT2D eigenvalue weighted by Crippen LogP contribution is -2.43. The minimum atomic E-state index is -0.985. The summed E-state index contributed by atoms with van der Waals surface area (Å²) >= 11 is 7.00. The van der Waals surface area contributed by atoms with Crippen LogP contribution in [-0.4, -0.2) is 22.5 Å². The minimum Gasteiger partial charge on any atom is -0.478 e. The Morgan fingerprint density at radius 3 is 1.95 bits per heavy atom. The molecule has 0 radical (unpaired) electrons. The molecule has 0 fully saturated rings. The van der Waals surface area contributed by atoms with Gasteiger partial charge in [-0.3, -0.25) is 0 Å². The highest BCUT2D eigenvalue weighted by atomic mass is 35.5. The Labute approximate surface area is 236 Å². The molecule has 5 heteroatoms. The fourth-order valence-electron chi connectivity index (χ4n) is 5.60. The van der Waals surface area contributed by atoms with Crippen LogP contribution < -0.4 is 11.5 Å². The Kier molecular flexibility index (Phi) is 14.8. The van der Waals surface area contributed by atoms with Gasteiger partial charge in [0.05, 0.1) is 10.9 Å². The number of hydrogen-bond acceptors (Lipinski definition) is 3. The third kappa shape index (κ3) is 10.3. The van der Waals surface area contributed by atoms with Crippen molar-refractivity contribution in [1.29, 1.82) is 0 Å². The SMILES string of the molecule is CCCCCCCCCCCCCC(C)C(Cl)C(N)C(C)C(c1ccccc1)c1ccc(C(=O)O)cc1N. The summed E-state index contributed by atoms with van der Waals surface area (Å²) in [6, 6.07) is 14.9. The minimum absolute atomic E-state index is 0.0117. The van der Waals surface area contributed by atoms with Crippen LogP contribution in [0, 0.1) is 11.8 Å². The van der Waals surface area contributed by atoms with E-state index in [1.54, 1.807) is 12.1 Å². The van der Waals surface area contributed by atoms with Gasteiger partial charge in [0.2, 0.25) is 0 Å². The third-order valence-electron chi connectivity index (χ3n) is 8.13. The molecule has 5 unspecified atom stereocenters. The molecule has 4 nitrogen and oxygen atoms in total. The highest BCUT2D eigenvalue weighted by molar-refractivity contribution is 6.21. The first-order valence-electron chi connectivity index (χ1n) is 14.8. The molecule has 0 heterocycles. The van der Waals surface area contributed by atoms with Crippen molar-refractivity contribution in [3.05, 3.63) is 65.2 Å². The van der Waals surface area contributed by atoms with Crippen molar-refractivity contribution in [1.82, 2.24) is 0 Å². The Morgan fingerprint density at radius 1 is 0.868 bits per heavy atom. The number of nitrogen functional groups attached to an aromatic ring is 1. The van der Waals surface area contributed by atoms with E-state index in [2.05, 4.69) is 32.9 Å². The molecule has 2 aromatic carbocycles. The highest BCUT2D eigenvalue weighted by Crippen LogP contribution is 2.39. The molecule has 0 aromatic heterocycles. The van der Waals surface area contributed by atoms with Crippen LogP contribution in [0.5, 0.6) is 0 Å². The van der Waals surface area contributed by atoms with Gasteiger partial charge in [0.15, 0.2) is 0 Å². The van der Waals surface area contributed by atoms with Crippen LogP contribution >= 0.6 is 11.6 Å². The molecule has 2 rings (SSSR count). The van der Waals surface area contributed by atoms with Gasteiger partial charge in [-0.15, -0.1) is 11.6 Å². The second-order valence-electron chi connectivity index (χ2n) is 11.2. The largest absolute Gasteiger partial charge is 0.478 e. The molecule has 212 valence electrons. The Bertz CT molecular complexity index is 936. The van der Waals surface area contributed by atoms with Crippen LogP contribution in [0.3, 0.4) is 0 Å². The van der Waals surface area contributed by atoms with Gasteiger partial charge in [-0.2, -0.15) is 0 Å². The van der Waals surface area contributed by atoms with Crippen molar-refractivity contribution in [2.24, 2.45) is 17.6 Å². The first-order valence-corrected chi connectivity index (χ1v) is 15.3. The zero-order valence-electron chi connectivity index (χ0n) is 23.9. The molecule has 0 spiro atoms. The van der Waals surface area contributed by atoms with E-state index < -0.39 is 5.97 Å². The monoisotopic (exact) mass is 542 g/mol. The van der Waals surface area contributed by atoms with Crippen LogP contribution in [0.1, 0.15) is 125 Å². The normalized spacial score (nSPS) is 15.5. The van der Waals surface area contributed by atoms with E-state index in [-0.39, 0.29) is 28.8 Å². The molecule has 2 aromatic rings. The zero-order chi connectivity index (χ0) is 27.9. The summed E-state index contributed by atoms with van der Waals surface area (Å²) < 4.78 is 0. The molecule has 0 amide bonds. The number of nitrogens with two attached hydrogens (primary N) is 2. The number of carboxylic acid groups (broad SMARTS) is 1. The molecule has 0 bridgehead atoms. The van der Waals surface area contributed by atoms with Crippen LogP contribution in [-0.2, 0) is 0 Å². The standard InChI is InChI=1S/C33H51ClN2O2/c1-4-5-6-7-8-9-10-11-12-13-15-18-24(2)31(34)32(36)25(3)30(26-19-16-14-17-20-26)28-22-21-27(33(37)38)23-29(28)35/h14,16-17,19-25,30-32H,4-13,15,18,35-36H2,1-3H3,(H,37,38). The third-order valence-corrected chi connectivity index (χ3v) is 8.86. The molecule has 0 aliphatic rings. The van der Waals surface area contributed by atoms with Crippen molar-refractivity contribution in [2.45, 2.75) is 115 Å². The number of halogens is 1.